The second-order valence-corrected chi connectivity index (χ2v) is 8.09. The Morgan fingerprint density at radius 2 is 1.80 bits per heavy atom. The molecule has 4 aromatic rings. The number of nitrogens with two attached hydrogens (primary N) is 1. The number of carbonyl (C=O) groups is 1. The first-order valence-corrected chi connectivity index (χ1v) is 10.6. The van der Waals surface area contributed by atoms with Crippen molar-refractivity contribution in [3.63, 3.8) is 0 Å². The zero-order chi connectivity index (χ0) is 25.3. The van der Waals surface area contributed by atoms with Gasteiger partial charge in [-0.2, -0.15) is 13.2 Å². The molecule has 182 valence electrons. The predicted molar refractivity (Wildman–Crippen MR) is 119 cm³/mol. The molecule has 0 atom stereocenters. The first-order valence-electron chi connectivity index (χ1n) is 9.89. The number of benzene rings is 1. The maximum absolute atomic E-state index is 13.0. The van der Waals surface area contributed by atoms with Crippen molar-refractivity contribution in [1.82, 2.24) is 34.1 Å². The SMILES string of the molecule is NC(=O)c1nc(Cn2nc(-c3ccc(Cl)cc3)n(CCC(F)(F)F)c2=O)nn1-c1ccncc1Cl. The van der Waals surface area contributed by atoms with Gasteiger partial charge in [-0.15, -0.1) is 10.2 Å². The minimum absolute atomic E-state index is 0.00246. The number of amides is 1. The topological polar surface area (TPSA) is 127 Å². The number of rotatable bonds is 7. The van der Waals surface area contributed by atoms with Crippen LogP contribution in [0.4, 0.5) is 13.2 Å². The molecule has 0 bridgehead atoms. The summed E-state index contributed by atoms with van der Waals surface area (Å²) in [7, 11) is 0. The number of carbonyl (C=O) groups excluding carboxylic acids is 1. The standard InChI is InChI=1S/C20H15Cl2F3N8O2/c21-12-3-1-11(2-4-12)17-30-32(19(35)31(17)8-6-20(23,24)25)10-15-28-18(16(26)34)33(29-15)14-5-7-27-9-13(14)22/h1-5,7,9H,6,8,10H2,(H2,26,34). The van der Waals surface area contributed by atoms with E-state index < -0.39 is 30.7 Å². The maximum Gasteiger partial charge on any atom is 0.390 e. The van der Waals surface area contributed by atoms with Crippen LogP contribution in [0.5, 0.6) is 0 Å². The highest BCUT2D eigenvalue weighted by molar-refractivity contribution is 6.32. The van der Waals surface area contributed by atoms with Crippen molar-refractivity contribution in [1.29, 1.82) is 0 Å². The van der Waals surface area contributed by atoms with Gasteiger partial charge in [0.25, 0.3) is 5.91 Å². The molecule has 4 rings (SSSR count). The van der Waals surface area contributed by atoms with Crippen LogP contribution in [0.2, 0.25) is 10.0 Å². The van der Waals surface area contributed by atoms with Gasteiger partial charge in [-0.05, 0) is 30.3 Å². The Kier molecular flexibility index (Phi) is 6.63. The highest BCUT2D eigenvalue weighted by Crippen LogP contribution is 2.24. The third kappa shape index (κ3) is 5.35. The lowest BCUT2D eigenvalue weighted by atomic mass is 10.2. The Labute approximate surface area is 204 Å². The second kappa shape index (κ2) is 9.50. The second-order valence-electron chi connectivity index (χ2n) is 7.24. The van der Waals surface area contributed by atoms with E-state index in [0.717, 1.165) is 13.9 Å². The summed E-state index contributed by atoms with van der Waals surface area (Å²) in [5, 5.41) is 8.95. The number of primary amides is 1. The molecular weight excluding hydrogens is 512 g/mol. The van der Waals surface area contributed by atoms with Crippen molar-refractivity contribution in [2.45, 2.75) is 25.7 Å². The molecule has 2 N–H and O–H groups in total. The van der Waals surface area contributed by atoms with Gasteiger partial charge in [0.05, 0.1) is 17.1 Å². The number of nitrogens with zero attached hydrogens (tertiary/aromatic N) is 7. The molecule has 0 aliphatic carbocycles. The highest BCUT2D eigenvalue weighted by atomic mass is 35.5. The minimum atomic E-state index is -4.49. The molecule has 3 heterocycles. The highest BCUT2D eigenvalue weighted by Gasteiger charge is 2.29. The fourth-order valence-corrected chi connectivity index (χ4v) is 3.54. The van der Waals surface area contributed by atoms with Crippen LogP contribution in [0.3, 0.4) is 0 Å². The van der Waals surface area contributed by atoms with Gasteiger partial charge in [-0.1, -0.05) is 23.2 Å². The Morgan fingerprint density at radius 3 is 2.43 bits per heavy atom. The molecule has 0 saturated heterocycles. The Bertz CT molecular complexity index is 1440. The van der Waals surface area contributed by atoms with Crippen molar-refractivity contribution < 1.29 is 18.0 Å². The summed E-state index contributed by atoms with van der Waals surface area (Å²) >= 11 is 12.0. The van der Waals surface area contributed by atoms with E-state index in [4.69, 9.17) is 28.9 Å². The summed E-state index contributed by atoms with van der Waals surface area (Å²) in [4.78, 5) is 32.8. The normalized spacial score (nSPS) is 11.7. The Balaban J connectivity index is 1.76. The summed E-state index contributed by atoms with van der Waals surface area (Å²) in [6.07, 6.45) is -2.98. The summed E-state index contributed by atoms with van der Waals surface area (Å²) in [5.41, 5.74) is 5.23. The van der Waals surface area contributed by atoms with E-state index in [1.165, 1.54) is 42.7 Å². The number of hydrogen-bond donors (Lipinski definition) is 1. The maximum atomic E-state index is 13.0. The smallest absolute Gasteiger partial charge is 0.363 e. The van der Waals surface area contributed by atoms with Crippen molar-refractivity contribution in [3.8, 4) is 17.1 Å². The molecule has 15 heteroatoms. The number of hydrogen-bond acceptors (Lipinski definition) is 6. The van der Waals surface area contributed by atoms with Crippen LogP contribution in [0, 0.1) is 0 Å². The first-order chi connectivity index (χ1) is 16.5. The van der Waals surface area contributed by atoms with Gasteiger partial charge in [0.2, 0.25) is 5.82 Å². The molecule has 35 heavy (non-hydrogen) atoms. The van der Waals surface area contributed by atoms with E-state index in [-0.39, 0.29) is 34.7 Å². The van der Waals surface area contributed by atoms with Crippen LogP contribution in [-0.4, -0.2) is 46.2 Å². The van der Waals surface area contributed by atoms with Crippen LogP contribution in [0.25, 0.3) is 17.1 Å². The zero-order valence-corrected chi connectivity index (χ0v) is 19.1. The Hall–Kier alpha value is -3.71. The molecule has 0 aliphatic heterocycles. The molecular formula is C20H15Cl2F3N8O2. The lowest BCUT2D eigenvalue weighted by Gasteiger charge is -2.08. The summed E-state index contributed by atoms with van der Waals surface area (Å²) < 4.78 is 41.6. The average molecular weight is 527 g/mol. The van der Waals surface area contributed by atoms with Crippen molar-refractivity contribution >= 4 is 29.1 Å². The third-order valence-electron chi connectivity index (χ3n) is 4.79. The largest absolute Gasteiger partial charge is 0.390 e. The first kappa shape index (κ1) is 24.4. The van der Waals surface area contributed by atoms with Crippen molar-refractivity contribution in [2.75, 3.05) is 0 Å². The number of pyridine rings is 1. The summed E-state index contributed by atoms with van der Waals surface area (Å²) in [6, 6.07) is 7.58. The van der Waals surface area contributed by atoms with E-state index in [0.29, 0.717) is 10.6 Å². The molecule has 0 unspecified atom stereocenters. The number of halogens is 5. The molecule has 0 fully saturated rings. The molecule has 0 radical (unpaired) electrons. The third-order valence-corrected chi connectivity index (χ3v) is 5.33. The quantitative estimate of drug-likeness (QED) is 0.394. The van der Waals surface area contributed by atoms with Gasteiger partial charge < -0.3 is 5.73 Å². The monoisotopic (exact) mass is 526 g/mol. The predicted octanol–water partition coefficient (Wildman–Crippen LogP) is 3.09. The Morgan fingerprint density at radius 1 is 1.09 bits per heavy atom. The molecule has 0 aliphatic rings. The van der Waals surface area contributed by atoms with Gasteiger partial charge >= 0.3 is 11.9 Å². The van der Waals surface area contributed by atoms with Crippen LogP contribution >= 0.6 is 23.2 Å². The minimum Gasteiger partial charge on any atom is -0.363 e. The van der Waals surface area contributed by atoms with Crippen molar-refractivity contribution in [2.24, 2.45) is 5.73 Å². The lowest BCUT2D eigenvalue weighted by molar-refractivity contribution is -0.136. The lowest BCUT2D eigenvalue weighted by Crippen LogP contribution is -2.27. The van der Waals surface area contributed by atoms with Gasteiger partial charge in [-0.25, -0.2) is 19.1 Å². The molecule has 0 saturated carbocycles. The fraction of sp³-hybridized carbons (Fsp3) is 0.200. The van der Waals surface area contributed by atoms with E-state index in [1.54, 1.807) is 0 Å². The zero-order valence-electron chi connectivity index (χ0n) is 17.6. The van der Waals surface area contributed by atoms with Gasteiger partial charge in [0, 0.05) is 29.5 Å². The van der Waals surface area contributed by atoms with Crippen molar-refractivity contribution in [3.05, 3.63) is 74.9 Å². The van der Waals surface area contributed by atoms with E-state index >= 15 is 0 Å². The molecule has 1 aromatic carbocycles. The van der Waals surface area contributed by atoms with Gasteiger partial charge in [-0.3, -0.25) is 14.3 Å². The molecule has 1 amide bonds. The van der Waals surface area contributed by atoms with Gasteiger partial charge in [0.15, 0.2) is 11.6 Å². The van der Waals surface area contributed by atoms with Crippen LogP contribution < -0.4 is 11.4 Å². The average Bonchev–Trinajstić information content (AvgIpc) is 3.34. The summed E-state index contributed by atoms with van der Waals surface area (Å²) in [5.74, 6) is -1.23. The van der Waals surface area contributed by atoms with Crippen LogP contribution in [0.15, 0.2) is 47.5 Å². The van der Waals surface area contributed by atoms with E-state index in [2.05, 4.69) is 20.2 Å². The van der Waals surface area contributed by atoms with Crippen LogP contribution in [0.1, 0.15) is 22.9 Å². The number of aromatic nitrogens is 7. The van der Waals surface area contributed by atoms with Crippen LogP contribution in [-0.2, 0) is 13.1 Å². The summed E-state index contributed by atoms with van der Waals surface area (Å²) in [6.45, 7) is -1.00. The number of alkyl halides is 3. The van der Waals surface area contributed by atoms with Gasteiger partial charge in [0.1, 0.15) is 6.54 Å². The van der Waals surface area contributed by atoms with E-state index in [9.17, 15) is 22.8 Å². The molecule has 0 spiro atoms. The fourth-order valence-electron chi connectivity index (χ4n) is 3.22. The van der Waals surface area contributed by atoms with E-state index in [1.807, 2.05) is 0 Å². The molecule has 3 aromatic heterocycles. The molecule has 10 nitrogen and oxygen atoms in total.